The van der Waals surface area contributed by atoms with Gasteiger partial charge in [-0.1, -0.05) is 81.8 Å². The normalized spacial score (nSPS) is 20.2. The largest absolute Gasteiger partial charge is 0.400 e. The van der Waals surface area contributed by atoms with E-state index in [-0.39, 0.29) is 11.8 Å². The molecule has 1 aromatic carbocycles. The second kappa shape index (κ2) is 22.3. The molecule has 1 fully saturated rings. The van der Waals surface area contributed by atoms with Crippen molar-refractivity contribution in [2.75, 3.05) is 20.7 Å². The standard InChI is InChI=1S/C26H30ClN3O3S2.2C2H6.CH4O/c1-28-17-15-24(32)29-22-6-3-5-20(10-13-22)23-14-16-26(23,18-31)30-35(33)25(34)7-2-4-19-8-11-21(27)12-9-19;3*1-2/h2-12,18,23,28,30,34H,13-17H2,1H3,(H,29,32);2*1-2H3;2H,1H3/b4-2+,25-7+;;;. The number of rotatable bonds is 11. The van der Waals surface area contributed by atoms with Gasteiger partial charge in [0.2, 0.25) is 5.91 Å². The van der Waals surface area contributed by atoms with E-state index in [9.17, 15) is 13.8 Å². The summed E-state index contributed by atoms with van der Waals surface area (Å²) in [5, 5.41) is 13.5. The molecule has 41 heavy (non-hydrogen) atoms. The van der Waals surface area contributed by atoms with Gasteiger partial charge < -0.3 is 20.5 Å². The maximum absolute atomic E-state index is 12.9. The zero-order valence-electron chi connectivity index (χ0n) is 24.9. The number of thiol groups is 1. The Kier molecular flexibility index (Phi) is 21.1. The molecule has 10 heteroatoms. The Labute approximate surface area is 259 Å². The summed E-state index contributed by atoms with van der Waals surface area (Å²) in [6.45, 7) is 8.61. The first-order chi connectivity index (χ1) is 19.9. The van der Waals surface area contributed by atoms with Crippen LogP contribution in [0.25, 0.3) is 6.08 Å². The molecule has 2 aliphatic rings. The molecule has 7 nitrogen and oxygen atoms in total. The molecule has 228 valence electrons. The number of aliphatic hydroxyl groups is 1. The first-order valence-electron chi connectivity index (χ1n) is 13.8. The van der Waals surface area contributed by atoms with Crippen molar-refractivity contribution in [3.05, 3.63) is 86.8 Å². The lowest BCUT2D eigenvalue weighted by atomic mass is 9.64. The maximum atomic E-state index is 12.9. The molecule has 0 bridgehead atoms. The summed E-state index contributed by atoms with van der Waals surface area (Å²) >= 11 is 10.3. The minimum Gasteiger partial charge on any atom is -0.400 e. The van der Waals surface area contributed by atoms with Crippen molar-refractivity contribution < 1.29 is 18.9 Å². The SMILES string of the molecule is CC.CC.CNCCC(=O)NC1=CC=CC(C2CCC2(C=O)NS(=O)/C(S)=C/C=C/c2ccc(Cl)cc2)=CC1.CO. The lowest BCUT2D eigenvalue weighted by Gasteiger charge is -2.46. The third-order valence-electron chi connectivity index (χ3n) is 6.00. The number of aliphatic hydroxyl groups excluding tert-OH is 1. The third kappa shape index (κ3) is 13.1. The molecule has 1 aromatic rings. The van der Waals surface area contributed by atoms with Crippen molar-refractivity contribution in [1.82, 2.24) is 15.4 Å². The van der Waals surface area contributed by atoms with Crippen LogP contribution in [-0.4, -0.2) is 47.7 Å². The van der Waals surface area contributed by atoms with E-state index in [1.807, 2.05) is 70.2 Å². The smallest absolute Gasteiger partial charge is 0.225 e. The molecular weight excluding hydrogens is 578 g/mol. The number of nitrogens with one attached hydrogen (secondary N) is 3. The second-order valence-electron chi connectivity index (χ2n) is 8.40. The number of allylic oxidation sites excluding steroid dienone is 6. The van der Waals surface area contributed by atoms with Gasteiger partial charge in [-0.15, -0.1) is 12.6 Å². The van der Waals surface area contributed by atoms with Crippen LogP contribution in [0.5, 0.6) is 0 Å². The van der Waals surface area contributed by atoms with Gasteiger partial charge in [-0.25, -0.2) is 8.93 Å². The van der Waals surface area contributed by atoms with E-state index in [1.165, 1.54) is 0 Å². The fourth-order valence-electron chi connectivity index (χ4n) is 3.92. The van der Waals surface area contributed by atoms with Gasteiger partial charge in [0.1, 0.15) is 17.3 Å². The lowest BCUT2D eigenvalue weighted by Crippen LogP contribution is -2.60. The summed E-state index contributed by atoms with van der Waals surface area (Å²) in [6, 6.07) is 7.35. The summed E-state index contributed by atoms with van der Waals surface area (Å²) in [4.78, 5) is 24.2. The molecule has 4 N–H and O–H groups in total. The first-order valence-corrected chi connectivity index (χ1v) is 15.8. The number of benzene rings is 1. The van der Waals surface area contributed by atoms with Crippen LogP contribution in [-0.2, 0) is 20.6 Å². The highest BCUT2D eigenvalue weighted by atomic mass is 35.5. The van der Waals surface area contributed by atoms with Gasteiger partial charge in [-0.2, -0.15) is 0 Å². The quantitative estimate of drug-likeness (QED) is 0.120. The molecule has 2 aliphatic carbocycles. The van der Waals surface area contributed by atoms with Crippen molar-refractivity contribution in [1.29, 1.82) is 0 Å². The molecule has 0 aromatic heterocycles. The lowest BCUT2D eigenvalue weighted by molar-refractivity contribution is -0.120. The van der Waals surface area contributed by atoms with E-state index in [1.54, 1.807) is 31.3 Å². The van der Waals surface area contributed by atoms with Gasteiger partial charge in [0.05, 0.1) is 9.78 Å². The highest BCUT2D eigenvalue weighted by Gasteiger charge is 2.49. The summed E-state index contributed by atoms with van der Waals surface area (Å²) in [6.07, 6.45) is 16.2. The fourth-order valence-corrected chi connectivity index (χ4v) is 5.22. The van der Waals surface area contributed by atoms with Crippen LogP contribution in [0.3, 0.4) is 0 Å². The number of carbonyl (C=O) groups excluding carboxylic acids is 2. The highest BCUT2D eigenvalue weighted by Crippen LogP contribution is 2.43. The number of hydrogen-bond acceptors (Lipinski definition) is 6. The van der Waals surface area contributed by atoms with Crippen LogP contribution < -0.4 is 15.4 Å². The zero-order valence-corrected chi connectivity index (χ0v) is 27.4. The average Bonchev–Trinajstić information content (AvgIpc) is 3.23. The van der Waals surface area contributed by atoms with Crippen molar-refractivity contribution in [2.24, 2.45) is 5.92 Å². The summed E-state index contributed by atoms with van der Waals surface area (Å²) < 4.78 is 16.2. The molecule has 0 aliphatic heterocycles. The van der Waals surface area contributed by atoms with Crippen molar-refractivity contribution in [3.63, 3.8) is 0 Å². The second-order valence-corrected chi connectivity index (χ2v) is 10.8. The summed E-state index contributed by atoms with van der Waals surface area (Å²) in [5.41, 5.74) is 1.81. The van der Waals surface area contributed by atoms with Crippen molar-refractivity contribution >= 4 is 53.5 Å². The van der Waals surface area contributed by atoms with Crippen LogP contribution in [0.1, 0.15) is 58.9 Å². The van der Waals surface area contributed by atoms with Crippen LogP contribution >= 0.6 is 24.2 Å². The Bertz CT molecular complexity index is 1110. The number of hydrogen-bond donors (Lipinski definition) is 5. The van der Waals surface area contributed by atoms with Gasteiger partial charge in [-0.3, -0.25) is 4.79 Å². The maximum Gasteiger partial charge on any atom is 0.225 e. The zero-order chi connectivity index (χ0) is 31.3. The molecule has 0 spiro atoms. The highest BCUT2D eigenvalue weighted by molar-refractivity contribution is 8.05. The Hall–Kier alpha value is -2.27. The molecule has 3 rings (SSSR count). The Morgan fingerprint density at radius 2 is 1.85 bits per heavy atom. The van der Waals surface area contributed by atoms with Gasteiger partial charge in [0, 0.05) is 43.1 Å². The average molecular weight is 624 g/mol. The Morgan fingerprint density at radius 1 is 1.20 bits per heavy atom. The Morgan fingerprint density at radius 3 is 2.41 bits per heavy atom. The van der Waals surface area contributed by atoms with Gasteiger partial charge in [-0.05, 0) is 55.3 Å². The number of aldehydes is 1. The molecule has 3 atom stereocenters. The minimum atomic E-state index is -1.65. The summed E-state index contributed by atoms with van der Waals surface area (Å²) in [5.74, 6) is -0.157. The van der Waals surface area contributed by atoms with Crippen molar-refractivity contribution in [3.8, 4) is 0 Å². The van der Waals surface area contributed by atoms with E-state index in [0.29, 0.717) is 35.1 Å². The van der Waals surface area contributed by atoms with E-state index in [0.717, 1.165) is 36.7 Å². The molecule has 0 saturated heterocycles. The van der Waals surface area contributed by atoms with E-state index >= 15 is 0 Å². The monoisotopic (exact) mass is 623 g/mol. The van der Waals surface area contributed by atoms with E-state index in [2.05, 4.69) is 28.0 Å². The van der Waals surface area contributed by atoms with E-state index < -0.39 is 16.5 Å². The first kappa shape index (κ1) is 38.7. The number of halogens is 1. The predicted molar refractivity (Wildman–Crippen MR) is 178 cm³/mol. The fraction of sp³-hybridized carbons (Fsp3) is 0.419. The van der Waals surface area contributed by atoms with Gasteiger partial charge in [0.15, 0.2) is 0 Å². The number of carbonyl (C=O) groups is 2. The predicted octanol–water partition coefficient (Wildman–Crippen LogP) is 5.88. The summed E-state index contributed by atoms with van der Waals surface area (Å²) in [7, 11) is 1.16. The van der Waals surface area contributed by atoms with Gasteiger partial charge in [0.25, 0.3) is 0 Å². The van der Waals surface area contributed by atoms with Crippen LogP contribution in [0, 0.1) is 5.92 Å². The molecule has 1 amide bonds. The van der Waals surface area contributed by atoms with Crippen LogP contribution in [0.4, 0.5) is 0 Å². The molecule has 1 saturated carbocycles. The van der Waals surface area contributed by atoms with Gasteiger partial charge >= 0.3 is 0 Å². The molecule has 3 unspecified atom stereocenters. The number of amides is 1. The third-order valence-corrected chi connectivity index (χ3v) is 7.98. The van der Waals surface area contributed by atoms with Crippen molar-refractivity contribution in [2.45, 2.75) is 58.9 Å². The van der Waals surface area contributed by atoms with E-state index in [4.69, 9.17) is 16.7 Å². The minimum absolute atomic E-state index is 0.0444. The molecular formula is C31H46ClN3O4S2. The Balaban J connectivity index is 0.00000250. The topological polar surface area (TPSA) is 108 Å². The molecule has 0 radical (unpaired) electrons. The van der Waals surface area contributed by atoms with Crippen LogP contribution in [0.15, 0.2) is 76.2 Å². The van der Waals surface area contributed by atoms with Crippen LogP contribution in [0.2, 0.25) is 5.02 Å². The molecule has 0 heterocycles.